The Morgan fingerprint density at radius 3 is 2.56 bits per heavy atom. The third-order valence-corrected chi connectivity index (χ3v) is 5.69. The summed E-state index contributed by atoms with van der Waals surface area (Å²) < 4.78 is 11.0. The molecule has 0 bridgehead atoms. The number of carbonyl (C=O) groups excluding carboxylic acids is 4. The van der Waals surface area contributed by atoms with Gasteiger partial charge in [0.15, 0.2) is 6.61 Å². The highest BCUT2D eigenvalue weighted by Gasteiger charge is 2.27. The van der Waals surface area contributed by atoms with Crippen molar-refractivity contribution >= 4 is 29.6 Å². The van der Waals surface area contributed by atoms with E-state index in [1.54, 1.807) is 29.2 Å². The number of amides is 5. The van der Waals surface area contributed by atoms with Gasteiger partial charge in [-0.2, -0.15) is 0 Å². The topological polar surface area (TPSA) is 117 Å². The van der Waals surface area contributed by atoms with Crippen molar-refractivity contribution in [3.63, 3.8) is 0 Å². The molecule has 2 N–H and O–H groups in total. The Kier molecular flexibility index (Phi) is 8.36. The van der Waals surface area contributed by atoms with E-state index in [-0.39, 0.29) is 30.9 Å². The van der Waals surface area contributed by atoms with Crippen molar-refractivity contribution in [1.82, 2.24) is 15.5 Å². The fraction of sp³-hybridized carbons (Fsp3) is 0.583. The summed E-state index contributed by atoms with van der Waals surface area (Å²) in [6.07, 6.45) is 2.57. The van der Waals surface area contributed by atoms with Gasteiger partial charge in [-0.15, -0.1) is 0 Å². The molecule has 1 aromatic carbocycles. The van der Waals surface area contributed by atoms with Crippen molar-refractivity contribution in [2.75, 3.05) is 37.7 Å². The van der Waals surface area contributed by atoms with E-state index in [1.807, 2.05) is 20.8 Å². The summed E-state index contributed by atoms with van der Waals surface area (Å²) >= 11 is 0. The minimum atomic E-state index is -0.496. The predicted molar refractivity (Wildman–Crippen MR) is 126 cm³/mol. The molecule has 0 saturated carbocycles. The zero-order valence-corrected chi connectivity index (χ0v) is 20.1. The molecule has 2 heterocycles. The molecule has 0 spiro atoms. The van der Waals surface area contributed by atoms with Gasteiger partial charge in [0.1, 0.15) is 11.4 Å². The van der Waals surface area contributed by atoms with Crippen LogP contribution < -0.4 is 20.3 Å². The lowest BCUT2D eigenvalue weighted by atomic mass is 9.94. The lowest BCUT2D eigenvalue weighted by Crippen LogP contribution is -2.49. The Morgan fingerprint density at radius 2 is 1.88 bits per heavy atom. The molecule has 2 saturated heterocycles. The van der Waals surface area contributed by atoms with E-state index in [4.69, 9.17) is 9.47 Å². The molecule has 186 valence electrons. The average Bonchev–Trinajstić information content (AvgIpc) is 2.77. The SMILES string of the molecule is CC(C)(C)OC(=O)N1CCC(CCNC(=O)COc2cccc(N3CCC(=O)NC3=O)c2)CC1. The first-order chi connectivity index (χ1) is 16.1. The van der Waals surface area contributed by atoms with E-state index in [1.165, 1.54) is 4.90 Å². The zero-order chi connectivity index (χ0) is 24.7. The van der Waals surface area contributed by atoms with E-state index >= 15 is 0 Å². The van der Waals surface area contributed by atoms with Gasteiger partial charge in [0.2, 0.25) is 5.91 Å². The molecule has 1 aromatic rings. The fourth-order valence-corrected chi connectivity index (χ4v) is 3.90. The molecule has 2 fully saturated rings. The summed E-state index contributed by atoms with van der Waals surface area (Å²) in [6.45, 7) is 7.61. The van der Waals surface area contributed by atoms with Crippen LogP contribution in [-0.2, 0) is 14.3 Å². The molecule has 0 aliphatic carbocycles. The molecule has 5 amide bonds. The molecule has 2 aliphatic rings. The molecule has 10 heteroatoms. The second kappa shape index (κ2) is 11.2. The van der Waals surface area contributed by atoms with Crippen LogP contribution in [-0.4, -0.2) is 67.2 Å². The molecule has 0 radical (unpaired) electrons. The number of piperidine rings is 1. The van der Waals surface area contributed by atoms with Crippen molar-refractivity contribution < 1.29 is 28.7 Å². The van der Waals surface area contributed by atoms with E-state index in [9.17, 15) is 19.2 Å². The third-order valence-electron chi connectivity index (χ3n) is 5.69. The van der Waals surface area contributed by atoms with Crippen LogP contribution in [0.25, 0.3) is 0 Å². The van der Waals surface area contributed by atoms with Gasteiger partial charge in [-0.05, 0) is 58.1 Å². The van der Waals surface area contributed by atoms with Crippen LogP contribution in [0, 0.1) is 5.92 Å². The summed E-state index contributed by atoms with van der Waals surface area (Å²) in [7, 11) is 0. The highest BCUT2D eigenvalue weighted by molar-refractivity contribution is 6.05. The molecular formula is C24H34N4O6. The van der Waals surface area contributed by atoms with Gasteiger partial charge >= 0.3 is 12.1 Å². The Balaban J connectivity index is 1.35. The Morgan fingerprint density at radius 1 is 1.15 bits per heavy atom. The summed E-state index contributed by atoms with van der Waals surface area (Å²) in [5.41, 5.74) is 0.102. The van der Waals surface area contributed by atoms with Gasteiger partial charge in [-0.3, -0.25) is 19.8 Å². The van der Waals surface area contributed by atoms with Crippen molar-refractivity contribution in [2.45, 2.75) is 52.1 Å². The maximum absolute atomic E-state index is 12.2. The molecule has 10 nitrogen and oxygen atoms in total. The fourth-order valence-electron chi connectivity index (χ4n) is 3.90. The number of imide groups is 1. The highest BCUT2D eigenvalue weighted by Crippen LogP contribution is 2.23. The smallest absolute Gasteiger partial charge is 0.410 e. The number of rotatable bonds is 7. The predicted octanol–water partition coefficient (Wildman–Crippen LogP) is 2.67. The van der Waals surface area contributed by atoms with Gasteiger partial charge in [-0.1, -0.05) is 6.07 Å². The number of ether oxygens (including phenoxy) is 2. The lowest BCUT2D eigenvalue weighted by molar-refractivity contribution is -0.123. The van der Waals surface area contributed by atoms with E-state index < -0.39 is 11.6 Å². The summed E-state index contributed by atoms with van der Waals surface area (Å²) in [5, 5.41) is 5.16. The van der Waals surface area contributed by atoms with Gasteiger partial charge in [-0.25, -0.2) is 9.59 Å². The summed E-state index contributed by atoms with van der Waals surface area (Å²) in [5.74, 6) is 0.392. The van der Waals surface area contributed by atoms with Gasteiger partial charge in [0, 0.05) is 44.4 Å². The molecule has 0 unspecified atom stereocenters. The second-order valence-electron chi connectivity index (χ2n) is 9.59. The quantitative estimate of drug-likeness (QED) is 0.628. The molecule has 0 aromatic heterocycles. The Labute approximate surface area is 199 Å². The van der Waals surface area contributed by atoms with Crippen LogP contribution in [0.5, 0.6) is 5.75 Å². The van der Waals surface area contributed by atoms with Crippen LogP contribution in [0.2, 0.25) is 0 Å². The average molecular weight is 475 g/mol. The van der Waals surface area contributed by atoms with Crippen LogP contribution in [0.1, 0.15) is 46.5 Å². The van der Waals surface area contributed by atoms with Gasteiger partial charge < -0.3 is 19.7 Å². The summed E-state index contributed by atoms with van der Waals surface area (Å²) in [6, 6.07) is 6.39. The van der Waals surface area contributed by atoms with Gasteiger partial charge in [0.05, 0.1) is 0 Å². The largest absolute Gasteiger partial charge is 0.484 e. The number of nitrogens with zero attached hydrogens (tertiary/aromatic N) is 2. The number of anilines is 1. The van der Waals surface area contributed by atoms with E-state index in [0.29, 0.717) is 43.5 Å². The van der Waals surface area contributed by atoms with Crippen molar-refractivity contribution in [2.24, 2.45) is 5.92 Å². The standard InChI is InChI=1S/C24H34N4O6/c1-24(2,3)34-23(32)27-12-8-17(9-13-27)7-11-25-21(30)16-33-19-6-4-5-18(15-19)28-14-10-20(29)26-22(28)31/h4-6,15,17H,7-14,16H2,1-3H3,(H,25,30)(H,26,29,31). The molecule has 2 aliphatic heterocycles. The Bertz CT molecular complexity index is 905. The Hall–Kier alpha value is -3.30. The van der Waals surface area contributed by atoms with Crippen molar-refractivity contribution in [3.8, 4) is 5.75 Å². The second-order valence-corrected chi connectivity index (χ2v) is 9.59. The van der Waals surface area contributed by atoms with Crippen LogP contribution in [0.4, 0.5) is 15.3 Å². The number of hydrogen-bond donors (Lipinski definition) is 2. The van der Waals surface area contributed by atoms with Gasteiger partial charge in [0.25, 0.3) is 5.91 Å². The maximum atomic E-state index is 12.2. The molecule has 3 rings (SSSR count). The number of hydrogen-bond acceptors (Lipinski definition) is 6. The first-order valence-corrected chi connectivity index (χ1v) is 11.7. The molecule has 0 atom stereocenters. The monoisotopic (exact) mass is 474 g/mol. The first kappa shape index (κ1) is 25.3. The maximum Gasteiger partial charge on any atom is 0.410 e. The van der Waals surface area contributed by atoms with Crippen molar-refractivity contribution in [1.29, 1.82) is 0 Å². The zero-order valence-electron chi connectivity index (χ0n) is 20.1. The minimum absolute atomic E-state index is 0.134. The third kappa shape index (κ3) is 7.64. The summed E-state index contributed by atoms with van der Waals surface area (Å²) in [4.78, 5) is 50.9. The van der Waals surface area contributed by atoms with Crippen molar-refractivity contribution in [3.05, 3.63) is 24.3 Å². The molecule has 34 heavy (non-hydrogen) atoms. The lowest BCUT2D eigenvalue weighted by Gasteiger charge is -2.33. The normalized spacial score (nSPS) is 17.3. The number of benzene rings is 1. The van der Waals surface area contributed by atoms with Crippen LogP contribution >= 0.6 is 0 Å². The first-order valence-electron chi connectivity index (χ1n) is 11.7. The van der Waals surface area contributed by atoms with E-state index in [0.717, 1.165) is 19.3 Å². The highest BCUT2D eigenvalue weighted by atomic mass is 16.6. The molecular weight excluding hydrogens is 440 g/mol. The number of likely N-dealkylation sites (tertiary alicyclic amines) is 1. The number of carbonyl (C=O) groups is 4. The van der Waals surface area contributed by atoms with Crippen LogP contribution in [0.15, 0.2) is 24.3 Å². The van der Waals surface area contributed by atoms with E-state index in [2.05, 4.69) is 10.6 Å². The van der Waals surface area contributed by atoms with Crippen LogP contribution in [0.3, 0.4) is 0 Å². The number of urea groups is 1. The number of nitrogens with one attached hydrogen (secondary N) is 2. The minimum Gasteiger partial charge on any atom is -0.484 e.